The minimum atomic E-state index is -0.270. The number of para-hydroxylation sites is 1. The summed E-state index contributed by atoms with van der Waals surface area (Å²) >= 11 is 0. The third-order valence-electron chi connectivity index (χ3n) is 3.17. The van der Waals surface area contributed by atoms with Crippen molar-refractivity contribution in [1.29, 1.82) is 0 Å². The minimum absolute atomic E-state index is 0.0244. The van der Waals surface area contributed by atoms with Crippen LogP contribution in [-0.2, 0) is 20.7 Å². The van der Waals surface area contributed by atoms with E-state index < -0.39 is 0 Å². The van der Waals surface area contributed by atoms with Crippen LogP contribution < -0.4 is 10.1 Å². The Morgan fingerprint density at radius 1 is 1.30 bits per heavy atom. The Morgan fingerprint density at radius 2 is 2.05 bits per heavy atom. The molecule has 1 aliphatic rings. The Kier molecular flexibility index (Phi) is 4.98. The molecule has 0 atom stereocenters. The van der Waals surface area contributed by atoms with Crippen molar-refractivity contribution >= 4 is 11.9 Å². The van der Waals surface area contributed by atoms with E-state index in [9.17, 15) is 9.59 Å². The number of rotatable bonds is 7. The van der Waals surface area contributed by atoms with Gasteiger partial charge < -0.3 is 14.8 Å². The van der Waals surface area contributed by atoms with E-state index in [1.807, 2.05) is 24.3 Å². The van der Waals surface area contributed by atoms with Gasteiger partial charge in [-0.2, -0.15) is 0 Å². The van der Waals surface area contributed by atoms with E-state index in [1.54, 1.807) is 7.11 Å². The second-order valence-electron chi connectivity index (χ2n) is 4.79. The second-order valence-corrected chi connectivity index (χ2v) is 4.79. The highest BCUT2D eigenvalue weighted by Crippen LogP contribution is 2.29. The molecular weight excluding hydrogens is 258 g/mol. The molecule has 0 saturated heterocycles. The highest BCUT2D eigenvalue weighted by Gasteiger charge is 2.31. The van der Waals surface area contributed by atoms with Gasteiger partial charge in [-0.15, -0.1) is 0 Å². The zero-order chi connectivity index (χ0) is 14.4. The monoisotopic (exact) mass is 277 g/mol. The molecule has 1 amide bonds. The Balaban J connectivity index is 1.66. The van der Waals surface area contributed by atoms with Gasteiger partial charge in [-0.3, -0.25) is 9.59 Å². The van der Waals surface area contributed by atoms with E-state index in [-0.39, 0.29) is 24.4 Å². The summed E-state index contributed by atoms with van der Waals surface area (Å²) in [5.41, 5.74) is 1.03. The third-order valence-corrected chi connectivity index (χ3v) is 3.17. The van der Waals surface area contributed by atoms with Crippen LogP contribution in [-0.4, -0.2) is 32.1 Å². The van der Waals surface area contributed by atoms with Crippen LogP contribution in [0.5, 0.6) is 5.75 Å². The zero-order valence-corrected chi connectivity index (χ0v) is 11.6. The average molecular weight is 277 g/mol. The summed E-state index contributed by atoms with van der Waals surface area (Å²) in [4.78, 5) is 22.8. The number of methoxy groups -OCH3 is 1. The summed E-state index contributed by atoms with van der Waals surface area (Å²) in [7, 11) is 1.62. The van der Waals surface area contributed by atoms with Gasteiger partial charge in [0, 0.05) is 6.54 Å². The highest BCUT2D eigenvalue weighted by molar-refractivity contribution is 5.82. The lowest BCUT2D eigenvalue weighted by molar-refractivity contribution is -0.149. The zero-order valence-electron chi connectivity index (χ0n) is 11.6. The molecule has 5 heteroatoms. The summed E-state index contributed by atoms with van der Waals surface area (Å²) in [6, 6.07) is 7.67. The van der Waals surface area contributed by atoms with Crippen molar-refractivity contribution in [3.8, 4) is 5.75 Å². The lowest BCUT2D eigenvalue weighted by Gasteiger charge is -2.09. The largest absolute Gasteiger partial charge is 0.496 e. The minimum Gasteiger partial charge on any atom is -0.496 e. The molecule has 1 aromatic carbocycles. The molecule has 0 aliphatic heterocycles. The molecule has 1 N–H and O–H groups in total. The molecule has 0 spiro atoms. The Hall–Kier alpha value is -2.04. The standard InChI is InChI=1S/C15H19NO4/c1-19-13-5-3-2-4-11(13)8-9-16-14(17)10-20-15(18)12-6-7-12/h2-5,12H,6-10H2,1H3,(H,16,17). The molecule has 0 aromatic heterocycles. The van der Waals surface area contributed by atoms with E-state index in [1.165, 1.54) is 0 Å². The third kappa shape index (κ3) is 4.26. The Bertz CT molecular complexity index is 483. The maximum atomic E-state index is 11.5. The molecule has 1 aromatic rings. The van der Waals surface area contributed by atoms with Crippen LogP contribution in [0.4, 0.5) is 0 Å². The van der Waals surface area contributed by atoms with Gasteiger partial charge in [-0.05, 0) is 30.9 Å². The number of ether oxygens (including phenoxy) is 2. The van der Waals surface area contributed by atoms with Gasteiger partial charge in [0.05, 0.1) is 13.0 Å². The lowest BCUT2D eigenvalue weighted by Crippen LogP contribution is -2.30. The fraction of sp³-hybridized carbons (Fsp3) is 0.467. The molecule has 108 valence electrons. The molecular formula is C15H19NO4. The fourth-order valence-electron chi connectivity index (χ4n) is 1.87. The van der Waals surface area contributed by atoms with Crippen LogP contribution in [0, 0.1) is 5.92 Å². The van der Waals surface area contributed by atoms with Crippen molar-refractivity contribution in [1.82, 2.24) is 5.32 Å². The van der Waals surface area contributed by atoms with E-state index in [0.29, 0.717) is 13.0 Å². The molecule has 1 aliphatic carbocycles. The van der Waals surface area contributed by atoms with E-state index in [4.69, 9.17) is 9.47 Å². The number of hydrogen-bond donors (Lipinski definition) is 1. The summed E-state index contributed by atoms with van der Waals surface area (Å²) in [5, 5.41) is 2.73. The van der Waals surface area contributed by atoms with Gasteiger partial charge in [0.15, 0.2) is 6.61 Å². The number of carbonyl (C=O) groups is 2. The second kappa shape index (κ2) is 6.93. The first-order valence-corrected chi connectivity index (χ1v) is 6.76. The van der Waals surface area contributed by atoms with Crippen molar-refractivity contribution in [2.75, 3.05) is 20.3 Å². The first-order chi connectivity index (χ1) is 9.70. The number of benzene rings is 1. The van der Waals surface area contributed by atoms with Gasteiger partial charge >= 0.3 is 5.97 Å². The number of carbonyl (C=O) groups excluding carboxylic acids is 2. The van der Waals surface area contributed by atoms with Crippen LogP contribution >= 0.6 is 0 Å². The summed E-state index contributed by atoms with van der Waals surface area (Å²) < 4.78 is 10.1. The van der Waals surface area contributed by atoms with Crippen LogP contribution in [0.3, 0.4) is 0 Å². The van der Waals surface area contributed by atoms with Gasteiger partial charge in [-0.1, -0.05) is 18.2 Å². The van der Waals surface area contributed by atoms with Crippen molar-refractivity contribution in [3.63, 3.8) is 0 Å². The highest BCUT2D eigenvalue weighted by atomic mass is 16.5. The Morgan fingerprint density at radius 3 is 2.75 bits per heavy atom. The maximum Gasteiger partial charge on any atom is 0.309 e. The van der Waals surface area contributed by atoms with E-state index in [0.717, 1.165) is 24.2 Å². The molecule has 0 bridgehead atoms. The van der Waals surface area contributed by atoms with Crippen LogP contribution in [0.25, 0.3) is 0 Å². The van der Waals surface area contributed by atoms with Gasteiger partial charge in [0.2, 0.25) is 0 Å². The molecule has 0 heterocycles. The van der Waals surface area contributed by atoms with Crippen molar-refractivity contribution in [3.05, 3.63) is 29.8 Å². The molecule has 0 radical (unpaired) electrons. The maximum absolute atomic E-state index is 11.5. The molecule has 5 nitrogen and oxygen atoms in total. The van der Waals surface area contributed by atoms with Crippen molar-refractivity contribution in [2.45, 2.75) is 19.3 Å². The average Bonchev–Trinajstić information content (AvgIpc) is 3.30. The normalized spacial score (nSPS) is 13.7. The fourth-order valence-corrected chi connectivity index (χ4v) is 1.87. The molecule has 1 fully saturated rings. The van der Waals surface area contributed by atoms with E-state index >= 15 is 0 Å². The van der Waals surface area contributed by atoms with Gasteiger partial charge in [-0.25, -0.2) is 0 Å². The quantitative estimate of drug-likeness (QED) is 0.763. The SMILES string of the molecule is COc1ccccc1CCNC(=O)COC(=O)C1CC1. The lowest BCUT2D eigenvalue weighted by atomic mass is 10.1. The number of esters is 1. The Labute approximate surface area is 118 Å². The summed E-state index contributed by atoms with van der Waals surface area (Å²) in [5.74, 6) is 0.303. The first kappa shape index (κ1) is 14.4. The van der Waals surface area contributed by atoms with Crippen LogP contribution in [0.2, 0.25) is 0 Å². The van der Waals surface area contributed by atoms with Gasteiger partial charge in [0.1, 0.15) is 5.75 Å². The predicted molar refractivity (Wildman–Crippen MR) is 73.4 cm³/mol. The van der Waals surface area contributed by atoms with Crippen molar-refractivity contribution < 1.29 is 19.1 Å². The predicted octanol–water partition coefficient (Wildman–Crippen LogP) is 1.31. The van der Waals surface area contributed by atoms with Crippen LogP contribution in [0.1, 0.15) is 18.4 Å². The summed E-state index contributed by atoms with van der Waals surface area (Å²) in [6.07, 6.45) is 2.44. The molecule has 0 unspecified atom stereocenters. The molecule has 2 rings (SSSR count). The van der Waals surface area contributed by atoms with Gasteiger partial charge in [0.25, 0.3) is 5.91 Å². The number of hydrogen-bond acceptors (Lipinski definition) is 4. The number of amides is 1. The van der Waals surface area contributed by atoms with Crippen LogP contribution in [0.15, 0.2) is 24.3 Å². The molecule has 1 saturated carbocycles. The van der Waals surface area contributed by atoms with Crippen molar-refractivity contribution in [2.24, 2.45) is 5.92 Å². The molecule has 20 heavy (non-hydrogen) atoms. The number of nitrogens with one attached hydrogen (secondary N) is 1. The summed E-state index contributed by atoms with van der Waals surface area (Å²) in [6.45, 7) is 0.293. The smallest absolute Gasteiger partial charge is 0.309 e. The first-order valence-electron chi connectivity index (χ1n) is 6.76. The van der Waals surface area contributed by atoms with E-state index in [2.05, 4.69) is 5.32 Å². The topological polar surface area (TPSA) is 64.6 Å².